The molecule has 2 amide bonds. The zero-order valence-corrected chi connectivity index (χ0v) is 29.3. The van der Waals surface area contributed by atoms with Crippen LogP contribution in [0.1, 0.15) is 61.6 Å². The molecular formula is C42H44N6O3. The van der Waals surface area contributed by atoms with Gasteiger partial charge in [0.15, 0.2) is 0 Å². The van der Waals surface area contributed by atoms with Crippen LogP contribution in [0.15, 0.2) is 139 Å². The van der Waals surface area contributed by atoms with Crippen LogP contribution >= 0.6 is 0 Å². The molecular weight excluding hydrogens is 637 g/mol. The largest absolute Gasteiger partial charge is 0.443 e. The highest BCUT2D eigenvalue weighted by atomic mass is 16.6. The predicted octanol–water partition coefficient (Wildman–Crippen LogP) is 7.85. The number of para-hydroxylation sites is 1. The number of fused-ring (bicyclic) bond motifs is 1. The van der Waals surface area contributed by atoms with Gasteiger partial charge >= 0.3 is 6.09 Å². The maximum atomic E-state index is 13.3. The number of carbonyl (C=O) groups excluding carboxylic acids is 2. The Kier molecular flexibility index (Phi) is 10.5. The summed E-state index contributed by atoms with van der Waals surface area (Å²) in [6.07, 6.45) is 6.87. The minimum absolute atomic E-state index is 0.147. The van der Waals surface area contributed by atoms with Gasteiger partial charge < -0.3 is 20.0 Å². The van der Waals surface area contributed by atoms with Crippen LogP contribution in [0.3, 0.4) is 0 Å². The van der Waals surface area contributed by atoms with Crippen LogP contribution < -0.4 is 5.73 Å². The number of guanidine groups is 1. The van der Waals surface area contributed by atoms with Crippen molar-refractivity contribution in [2.75, 3.05) is 6.54 Å². The van der Waals surface area contributed by atoms with E-state index in [1.54, 1.807) is 20.8 Å². The minimum atomic E-state index is -0.761. The molecule has 2 aromatic heterocycles. The number of amides is 2. The first-order chi connectivity index (χ1) is 24.6. The van der Waals surface area contributed by atoms with Crippen LogP contribution in [0.4, 0.5) is 4.79 Å². The molecule has 51 heavy (non-hydrogen) atoms. The first kappa shape index (κ1) is 34.9. The van der Waals surface area contributed by atoms with Gasteiger partial charge in [-0.1, -0.05) is 109 Å². The third-order valence-corrected chi connectivity index (χ3v) is 8.83. The Morgan fingerprint density at radius 2 is 1.39 bits per heavy atom. The van der Waals surface area contributed by atoms with E-state index in [2.05, 4.69) is 93.5 Å². The quantitative estimate of drug-likeness (QED) is 0.0821. The maximum absolute atomic E-state index is 13.3. The monoisotopic (exact) mass is 680 g/mol. The summed E-state index contributed by atoms with van der Waals surface area (Å²) in [6, 6.07) is 39.2. The lowest BCUT2D eigenvalue weighted by Crippen LogP contribution is -2.45. The molecule has 4 aromatic carbocycles. The van der Waals surface area contributed by atoms with E-state index in [4.69, 9.17) is 15.5 Å². The average Bonchev–Trinajstić information content (AvgIpc) is 3.78. The maximum Gasteiger partial charge on any atom is 0.417 e. The third-order valence-electron chi connectivity index (χ3n) is 8.83. The number of aliphatic imine (C=N–C) groups is 1. The molecule has 0 bridgehead atoms. The van der Waals surface area contributed by atoms with Crippen molar-refractivity contribution in [2.24, 2.45) is 10.7 Å². The second-order valence-electron chi connectivity index (χ2n) is 13.5. The lowest BCUT2D eigenvalue weighted by molar-refractivity contribution is -0.117. The fraction of sp³-hybridized carbons (Fsp3) is 0.238. The van der Waals surface area contributed by atoms with Crippen molar-refractivity contribution < 1.29 is 14.3 Å². The Morgan fingerprint density at radius 1 is 0.824 bits per heavy atom. The van der Waals surface area contributed by atoms with Crippen molar-refractivity contribution in [1.82, 2.24) is 19.4 Å². The lowest BCUT2D eigenvalue weighted by atomic mass is 9.77. The van der Waals surface area contributed by atoms with Crippen molar-refractivity contribution in [3.8, 4) is 0 Å². The standard InChI is InChI=1S/C42H44N6O3/c1-41(2,3)51-40(50)48(39(43)46-38(49)26-25-31-28-44-37-24-14-13-23-36(31)37)27-15-22-35-29-47(30-45-35)42(32-16-7-4-8-17-32,33-18-9-5-10-19-33)34-20-11-6-12-21-34/h4-14,16-21,23-24,28-30,44H,15,22,25-27H2,1-3H3,(H2,43,46,49). The van der Waals surface area contributed by atoms with Crippen molar-refractivity contribution in [1.29, 1.82) is 0 Å². The van der Waals surface area contributed by atoms with E-state index in [9.17, 15) is 9.59 Å². The Labute approximate surface area is 298 Å². The van der Waals surface area contributed by atoms with Crippen molar-refractivity contribution in [2.45, 2.75) is 57.6 Å². The minimum Gasteiger partial charge on any atom is -0.443 e. The molecule has 0 spiro atoms. The van der Waals surface area contributed by atoms with Crippen LogP contribution in [-0.4, -0.2) is 49.5 Å². The van der Waals surface area contributed by atoms with Gasteiger partial charge in [-0.2, -0.15) is 4.99 Å². The number of hydrogen-bond acceptors (Lipinski definition) is 4. The van der Waals surface area contributed by atoms with Crippen LogP contribution in [0, 0.1) is 0 Å². The number of hydrogen-bond donors (Lipinski definition) is 2. The molecule has 0 aliphatic rings. The number of nitrogens with two attached hydrogens (primary N) is 1. The van der Waals surface area contributed by atoms with E-state index in [-0.39, 0.29) is 18.9 Å². The van der Waals surface area contributed by atoms with Gasteiger partial charge in [-0.15, -0.1) is 0 Å². The molecule has 0 saturated carbocycles. The number of aromatic amines is 1. The van der Waals surface area contributed by atoms with E-state index in [0.29, 0.717) is 19.3 Å². The average molecular weight is 681 g/mol. The van der Waals surface area contributed by atoms with Gasteiger partial charge in [-0.05, 0) is 68.4 Å². The Balaban J connectivity index is 1.22. The molecule has 9 nitrogen and oxygen atoms in total. The smallest absolute Gasteiger partial charge is 0.417 e. The van der Waals surface area contributed by atoms with Crippen molar-refractivity contribution in [3.05, 3.63) is 162 Å². The van der Waals surface area contributed by atoms with E-state index < -0.39 is 23.1 Å². The Morgan fingerprint density at radius 3 is 1.98 bits per heavy atom. The summed E-state index contributed by atoms with van der Waals surface area (Å²) in [4.78, 5) is 39.7. The van der Waals surface area contributed by atoms with Crippen LogP contribution in [0.5, 0.6) is 0 Å². The number of aryl methyl sites for hydroxylation is 2. The van der Waals surface area contributed by atoms with Crippen molar-refractivity contribution >= 4 is 28.9 Å². The van der Waals surface area contributed by atoms with Gasteiger partial charge in [-0.3, -0.25) is 4.79 Å². The molecule has 0 fully saturated rings. The molecule has 0 aliphatic carbocycles. The summed E-state index contributed by atoms with van der Waals surface area (Å²) in [5.74, 6) is -0.598. The number of benzene rings is 4. The summed E-state index contributed by atoms with van der Waals surface area (Å²) in [5, 5.41) is 1.06. The Bertz CT molecular complexity index is 2000. The van der Waals surface area contributed by atoms with E-state index >= 15 is 0 Å². The molecule has 0 atom stereocenters. The highest BCUT2D eigenvalue weighted by Gasteiger charge is 2.38. The number of ether oxygens (including phenoxy) is 1. The molecule has 6 rings (SSSR count). The molecule has 0 radical (unpaired) electrons. The number of nitrogens with one attached hydrogen (secondary N) is 1. The summed E-state index contributed by atoms with van der Waals surface area (Å²) in [6.45, 7) is 5.55. The summed E-state index contributed by atoms with van der Waals surface area (Å²) < 4.78 is 7.82. The van der Waals surface area contributed by atoms with E-state index in [0.717, 1.165) is 38.9 Å². The lowest BCUT2D eigenvalue weighted by Gasteiger charge is -2.37. The Hall–Kier alpha value is -5.96. The van der Waals surface area contributed by atoms with Gasteiger partial charge in [-0.25, -0.2) is 14.7 Å². The van der Waals surface area contributed by atoms with Gasteiger partial charge in [0.25, 0.3) is 0 Å². The fourth-order valence-electron chi connectivity index (χ4n) is 6.52. The predicted molar refractivity (Wildman–Crippen MR) is 201 cm³/mol. The molecule has 2 heterocycles. The number of carbonyl (C=O) groups is 2. The zero-order chi connectivity index (χ0) is 35.8. The highest BCUT2D eigenvalue weighted by molar-refractivity contribution is 5.99. The molecule has 6 aromatic rings. The van der Waals surface area contributed by atoms with Gasteiger partial charge in [0.2, 0.25) is 11.9 Å². The molecule has 0 saturated heterocycles. The van der Waals surface area contributed by atoms with Gasteiger partial charge in [0.05, 0.1) is 12.0 Å². The fourth-order valence-corrected chi connectivity index (χ4v) is 6.52. The summed E-state index contributed by atoms with van der Waals surface area (Å²) in [5.41, 5.74) is 11.1. The van der Waals surface area contributed by atoms with Gasteiger partial charge in [0.1, 0.15) is 11.1 Å². The molecule has 9 heteroatoms. The first-order valence-corrected chi connectivity index (χ1v) is 17.3. The number of rotatable bonds is 11. The molecule has 0 aliphatic heterocycles. The van der Waals surface area contributed by atoms with E-state index in [1.807, 2.05) is 55.0 Å². The zero-order valence-electron chi connectivity index (χ0n) is 29.3. The van der Waals surface area contributed by atoms with Crippen LogP contribution in [-0.2, 0) is 27.9 Å². The summed E-state index contributed by atoms with van der Waals surface area (Å²) in [7, 11) is 0. The first-order valence-electron chi connectivity index (χ1n) is 17.3. The summed E-state index contributed by atoms with van der Waals surface area (Å²) >= 11 is 0. The highest BCUT2D eigenvalue weighted by Crippen LogP contribution is 2.40. The van der Waals surface area contributed by atoms with Gasteiger partial charge in [0, 0.05) is 36.3 Å². The van der Waals surface area contributed by atoms with Crippen LogP contribution in [0.2, 0.25) is 0 Å². The number of imidazole rings is 1. The molecule has 0 unspecified atom stereocenters. The SMILES string of the molecule is CC(C)(C)OC(=O)N(CCCc1cn(C(c2ccccc2)(c2ccccc2)c2ccccc2)cn1)C(N)=NC(=O)CCc1c[nH]c2ccccc12. The number of H-pyrrole nitrogens is 1. The topological polar surface area (TPSA) is 119 Å². The molecule has 260 valence electrons. The van der Waals surface area contributed by atoms with E-state index in [1.165, 1.54) is 4.90 Å². The number of nitrogens with zero attached hydrogens (tertiary/aromatic N) is 4. The number of aromatic nitrogens is 3. The van der Waals surface area contributed by atoms with Crippen molar-refractivity contribution in [3.63, 3.8) is 0 Å². The second-order valence-corrected chi connectivity index (χ2v) is 13.5. The molecule has 3 N–H and O–H groups in total. The third kappa shape index (κ3) is 7.94. The normalized spacial score (nSPS) is 12.2. The van der Waals surface area contributed by atoms with Crippen LogP contribution in [0.25, 0.3) is 10.9 Å². The second kappa shape index (κ2) is 15.3.